The number of hydrogen-bond acceptors (Lipinski definition) is 5. The van der Waals surface area contributed by atoms with E-state index in [4.69, 9.17) is 0 Å². The van der Waals surface area contributed by atoms with E-state index in [1.165, 1.54) is 6.07 Å². The van der Waals surface area contributed by atoms with Gasteiger partial charge in [-0.25, -0.2) is 0 Å². The van der Waals surface area contributed by atoms with Gasteiger partial charge in [-0.05, 0) is 12.5 Å². The number of benzene rings is 2. The highest BCUT2D eigenvalue weighted by molar-refractivity contribution is 6.50. The fraction of sp³-hybridized carbons (Fsp3) is 0.130. The molecule has 0 aliphatic carbocycles. The van der Waals surface area contributed by atoms with E-state index in [0.29, 0.717) is 35.0 Å². The number of hydrogen-bond donors (Lipinski definition) is 3. The summed E-state index contributed by atoms with van der Waals surface area (Å²) < 4.78 is 1.66. The monoisotopic (exact) mass is 430 g/mol. The van der Waals surface area contributed by atoms with Gasteiger partial charge in [-0.1, -0.05) is 30.3 Å². The van der Waals surface area contributed by atoms with Crippen LogP contribution in [0, 0.1) is 10.1 Å². The van der Waals surface area contributed by atoms with Crippen molar-refractivity contribution in [2.75, 3.05) is 6.61 Å². The van der Waals surface area contributed by atoms with Gasteiger partial charge in [0.15, 0.2) is 0 Å². The largest absolute Gasteiger partial charge is 0.396 e. The second kappa shape index (κ2) is 7.47. The summed E-state index contributed by atoms with van der Waals surface area (Å²) >= 11 is 0. The standard InChI is InChI=1S/C23H18N4O5/c28-10-4-9-26-12-16(14-6-3-8-18(21(14)26)27(31)32)20-19(22(29)25-23(20)30)15-11-24-17-7-2-1-5-13(15)17/h1-3,5-8,11-12,24,28H,4,9-10H2,(H,25,29,30). The highest BCUT2D eigenvalue weighted by atomic mass is 16.6. The number of rotatable bonds is 6. The lowest BCUT2D eigenvalue weighted by molar-refractivity contribution is -0.383. The summed E-state index contributed by atoms with van der Waals surface area (Å²) in [6, 6.07) is 12.1. The third kappa shape index (κ3) is 2.90. The summed E-state index contributed by atoms with van der Waals surface area (Å²) in [5, 5.41) is 24.6. The van der Waals surface area contributed by atoms with E-state index in [2.05, 4.69) is 10.3 Å². The third-order valence-corrected chi connectivity index (χ3v) is 5.69. The zero-order valence-electron chi connectivity index (χ0n) is 16.8. The normalized spacial score (nSPS) is 14.0. The van der Waals surface area contributed by atoms with E-state index < -0.39 is 16.7 Å². The predicted molar refractivity (Wildman–Crippen MR) is 119 cm³/mol. The summed E-state index contributed by atoms with van der Waals surface area (Å²) in [5.74, 6) is -1.07. The van der Waals surface area contributed by atoms with Gasteiger partial charge < -0.3 is 14.7 Å². The first kappa shape index (κ1) is 19.7. The number of imide groups is 1. The number of aryl methyl sites for hydroxylation is 1. The van der Waals surface area contributed by atoms with Crippen molar-refractivity contribution in [1.29, 1.82) is 0 Å². The Balaban J connectivity index is 1.83. The number of para-hydroxylation sites is 2. The molecule has 1 aliphatic heterocycles. The molecule has 2 aromatic heterocycles. The summed E-state index contributed by atoms with van der Waals surface area (Å²) in [6.07, 6.45) is 3.72. The average Bonchev–Trinajstić information content (AvgIpc) is 3.44. The van der Waals surface area contributed by atoms with Crippen LogP contribution >= 0.6 is 0 Å². The van der Waals surface area contributed by atoms with Crippen molar-refractivity contribution in [2.24, 2.45) is 0 Å². The first-order chi connectivity index (χ1) is 15.5. The molecule has 0 atom stereocenters. The van der Waals surface area contributed by atoms with Crippen molar-refractivity contribution >= 4 is 50.5 Å². The maximum absolute atomic E-state index is 12.9. The SMILES string of the molecule is O=C1NC(=O)C(c2cn(CCCO)c3c([N+](=O)[O-])cccc23)=C1c1c[nH]c2ccccc12. The molecule has 1 aliphatic rings. The summed E-state index contributed by atoms with van der Waals surface area (Å²) in [7, 11) is 0. The zero-order valence-corrected chi connectivity index (χ0v) is 16.8. The molecule has 0 spiro atoms. The number of aliphatic hydroxyl groups excluding tert-OH is 1. The smallest absolute Gasteiger partial charge is 0.293 e. The molecule has 0 saturated carbocycles. The molecule has 3 heterocycles. The average molecular weight is 430 g/mol. The molecule has 9 heteroatoms. The molecule has 160 valence electrons. The first-order valence-electron chi connectivity index (χ1n) is 10.0. The van der Waals surface area contributed by atoms with Crippen molar-refractivity contribution in [2.45, 2.75) is 13.0 Å². The van der Waals surface area contributed by atoms with Gasteiger partial charge >= 0.3 is 0 Å². The number of carbonyl (C=O) groups excluding carboxylic acids is 2. The minimum Gasteiger partial charge on any atom is -0.396 e. The van der Waals surface area contributed by atoms with Gasteiger partial charge in [0, 0.05) is 59.0 Å². The van der Waals surface area contributed by atoms with Crippen molar-refractivity contribution in [3.8, 4) is 0 Å². The molecule has 32 heavy (non-hydrogen) atoms. The van der Waals surface area contributed by atoms with Crippen molar-refractivity contribution in [1.82, 2.24) is 14.9 Å². The Bertz CT molecular complexity index is 1460. The molecular weight excluding hydrogens is 412 g/mol. The van der Waals surface area contributed by atoms with E-state index in [0.717, 1.165) is 10.9 Å². The number of aromatic amines is 1. The molecule has 2 aromatic carbocycles. The number of nitrogens with one attached hydrogen (secondary N) is 2. The Labute approximate surface area is 181 Å². The molecule has 0 fully saturated rings. The van der Waals surface area contributed by atoms with E-state index in [1.807, 2.05) is 24.3 Å². The number of non-ortho nitro benzene ring substituents is 1. The lowest BCUT2D eigenvalue weighted by atomic mass is 9.95. The van der Waals surface area contributed by atoms with E-state index in [9.17, 15) is 24.8 Å². The van der Waals surface area contributed by atoms with Gasteiger partial charge in [-0.15, -0.1) is 0 Å². The zero-order chi connectivity index (χ0) is 22.4. The lowest BCUT2D eigenvalue weighted by Crippen LogP contribution is -2.22. The van der Waals surface area contributed by atoms with Crippen LogP contribution in [0.5, 0.6) is 0 Å². The Morgan fingerprint density at radius 3 is 2.44 bits per heavy atom. The molecule has 4 aromatic rings. The van der Waals surface area contributed by atoms with Crippen LogP contribution in [0.25, 0.3) is 33.0 Å². The summed E-state index contributed by atoms with van der Waals surface area (Å²) in [4.78, 5) is 40.1. The highest BCUT2D eigenvalue weighted by Gasteiger charge is 2.35. The van der Waals surface area contributed by atoms with Crippen LogP contribution in [0.4, 0.5) is 5.69 Å². The minimum atomic E-state index is -0.553. The molecule has 3 N–H and O–H groups in total. The van der Waals surface area contributed by atoms with Crippen LogP contribution in [0.2, 0.25) is 0 Å². The van der Waals surface area contributed by atoms with Gasteiger partial charge in [0.1, 0.15) is 5.52 Å². The molecule has 0 radical (unpaired) electrons. The Morgan fingerprint density at radius 1 is 0.969 bits per heavy atom. The second-order valence-electron chi connectivity index (χ2n) is 7.52. The Morgan fingerprint density at radius 2 is 1.69 bits per heavy atom. The number of aromatic nitrogens is 2. The predicted octanol–water partition coefficient (Wildman–Crippen LogP) is 2.98. The fourth-order valence-electron chi connectivity index (χ4n) is 4.35. The van der Waals surface area contributed by atoms with Gasteiger partial charge in [0.2, 0.25) is 0 Å². The first-order valence-corrected chi connectivity index (χ1v) is 10.0. The molecule has 0 saturated heterocycles. The molecule has 5 rings (SSSR count). The van der Waals surface area contributed by atoms with Crippen LogP contribution in [0.1, 0.15) is 17.5 Å². The van der Waals surface area contributed by atoms with Crippen molar-refractivity contribution in [3.05, 3.63) is 76.1 Å². The minimum absolute atomic E-state index is 0.0854. The Kier molecular flexibility index (Phi) is 4.60. The highest BCUT2D eigenvalue weighted by Crippen LogP contribution is 2.40. The number of aliphatic hydroxyl groups is 1. The van der Waals surface area contributed by atoms with Crippen LogP contribution < -0.4 is 5.32 Å². The number of H-pyrrole nitrogens is 1. The molecule has 0 bridgehead atoms. The van der Waals surface area contributed by atoms with E-state index >= 15 is 0 Å². The van der Waals surface area contributed by atoms with Gasteiger partial charge in [0.25, 0.3) is 17.5 Å². The van der Waals surface area contributed by atoms with Crippen LogP contribution in [-0.4, -0.2) is 38.0 Å². The Hall–Kier alpha value is -4.24. The topological polar surface area (TPSA) is 130 Å². The van der Waals surface area contributed by atoms with Crippen molar-refractivity contribution < 1.29 is 19.6 Å². The fourth-order valence-corrected chi connectivity index (χ4v) is 4.35. The third-order valence-electron chi connectivity index (χ3n) is 5.69. The van der Waals surface area contributed by atoms with Crippen LogP contribution in [-0.2, 0) is 16.1 Å². The van der Waals surface area contributed by atoms with Gasteiger partial charge in [-0.2, -0.15) is 0 Å². The number of carbonyl (C=O) groups is 2. The molecular formula is C23H18N4O5. The molecule has 0 unspecified atom stereocenters. The summed E-state index contributed by atoms with van der Waals surface area (Å²) in [6.45, 7) is 0.237. The maximum atomic E-state index is 12.9. The lowest BCUT2D eigenvalue weighted by Gasteiger charge is -2.03. The number of amides is 2. The van der Waals surface area contributed by atoms with Gasteiger partial charge in [0.05, 0.1) is 16.1 Å². The number of fused-ring (bicyclic) bond motifs is 2. The second-order valence-corrected chi connectivity index (χ2v) is 7.52. The number of nitro groups is 1. The van der Waals surface area contributed by atoms with Gasteiger partial charge in [-0.3, -0.25) is 25.0 Å². The van der Waals surface area contributed by atoms with E-state index in [1.54, 1.807) is 29.1 Å². The quantitative estimate of drug-likeness (QED) is 0.246. The van der Waals surface area contributed by atoms with Crippen molar-refractivity contribution in [3.63, 3.8) is 0 Å². The molecule has 9 nitrogen and oxygen atoms in total. The number of nitrogens with zero attached hydrogens (tertiary/aromatic N) is 2. The number of nitro benzene ring substituents is 1. The summed E-state index contributed by atoms with van der Waals surface area (Å²) in [5.41, 5.74) is 2.48. The van der Waals surface area contributed by atoms with Crippen LogP contribution in [0.15, 0.2) is 54.9 Å². The van der Waals surface area contributed by atoms with Crippen LogP contribution in [0.3, 0.4) is 0 Å². The molecule has 2 amide bonds. The maximum Gasteiger partial charge on any atom is 0.293 e. The van der Waals surface area contributed by atoms with E-state index in [-0.39, 0.29) is 23.4 Å².